The molecule has 0 fully saturated rings. The zero-order valence-electron chi connectivity index (χ0n) is 23.0. The summed E-state index contributed by atoms with van der Waals surface area (Å²) in [7, 11) is 0. The molecule has 0 saturated carbocycles. The molecule has 1 atom stereocenters. The molecule has 0 bridgehead atoms. The van der Waals surface area contributed by atoms with Crippen molar-refractivity contribution in [3.8, 4) is 0 Å². The Kier molecular flexibility index (Phi) is 16.2. The standard InChI is InChI=1S/C28H51N3O4/c1-6-8-10-12-14-16-18-24(19-17-15-13-11-9-7-2)34-26(32)25(20-23-21-29-22-30-23)31-27(33)35-28(3,4)5/h21-22,24-25H,6-20H2,1-5H3,(H,29,30)(H,31,33). The van der Waals surface area contributed by atoms with Crippen LogP contribution in [-0.2, 0) is 20.7 Å². The molecule has 0 aromatic carbocycles. The molecule has 1 heterocycles. The molecule has 0 aliphatic rings. The first-order valence-corrected chi connectivity index (χ1v) is 13.9. The van der Waals surface area contributed by atoms with Gasteiger partial charge in [-0.25, -0.2) is 14.6 Å². The van der Waals surface area contributed by atoms with Gasteiger partial charge in [-0.15, -0.1) is 0 Å². The van der Waals surface area contributed by atoms with Crippen LogP contribution in [0.15, 0.2) is 12.5 Å². The molecule has 0 aliphatic heterocycles. The van der Waals surface area contributed by atoms with Crippen molar-refractivity contribution in [1.29, 1.82) is 0 Å². The monoisotopic (exact) mass is 493 g/mol. The van der Waals surface area contributed by atoms with Crippen LogP contribution in [0.2, 0.25) is 0 Å². The highest BCUT2D eigenvalue weighted by atomic mass is 16.6. The van der Waals surface area contributed by atoms with Gasteiger partial charge in [-0.05, 0) is 46.5 Å². The lowest BCUT2D eigenvalue weighted by molar-refractivity contribution is -0.152. The number of rotatable bonds is 19. The maximum atomic E-state index is 13.2. The predicted octanol–water partition coefficient (Wildman–Crippen LogP) is 7.26. The third kappa shape index (κ3) is 16.3. The Morgan fingerprint density at radius 1 is 0.914 bits per heavy atom. The average Bonchev–Trinajstić information content (AvgIpc) is 3.29. The van der Waals surface area contributed by atoms with Gasteiger partial charge < -0.3 is 19.8 Å². The zero-order valence-corrected chi connectivity index (χ0v) is 23.0. The van der Waals surface area contributed by atoms with E-state index in [4.69, 9.17) is 9.47 Å². The molecule has 1 amide bonds. The van der Waals surface area contributed by atoms with Crippen molar-refractivity contribution in [2.24, 2.45) is 0 Å². The quantitative estimate of drug-likeness (QED) is 0.156. The van der Waals surface area contributed by atoms with Gasteiger partial charge in [0, 0.05) is 18.3 Å². The number of amides is 1. The van der Waals surface area contributed by atoms with Crippen LogP contribution in [0.25, 0.3) is 0 Å². The van der Waals surface area contributed by atoms with Crippen LogP contribution >= 0.6 is 0 Å². The van der Waals surface area contributed by atoms with E-state index in [1.807, 2.05) is 0 Å². The topological polar surface area (TPSA) is 93.3 Å². The number of carbonyl (C=O) groups excluding carboxylic acids is 2. The fraction of sp³-hybridized carbons (Fsp3) is 0.821. The van der Waals surface area contributed by atoms with Gasteiger partial charge in [-0.3, -0.25) is 0 Å². The average molecular weight is 494 g/mol. The van der Waals surface area contributed by atoms with Crippen LogP contribution in [0.1, 0.15) is 130 Å². The number of hydrogen-bond acceptors (Lipinski definition) is 5. The lowest BCUT2D eigenvalue weighted by Crippen LogP contribution is -2.46. The van der Waals surface area contributed by atoms with Gasteiger partial charge in [0.2, 0.25) is 0 Å². The summed E-state index contributed by atoms with van der Waals surface area (Å²) >= 11 is 0. The maximum absolute atomic E-state index is 13.2. The Balaban J connectivity index is 2.71. The first kappa shape index (κ1) is 31.0. The number of carbonyl (C=O) groups is 2. The molecular formula is C28H51N3O4. The van der Waals surface area contributed by atoms with Crippen LogP contribution < -0.4 is 5.32 Å². The number of aromatic amines is 1. The van der Waals surface area contributed by atoms with Gasteiger partial charge in [0.1, 0.15) is 17.7 Å². The van der Waals surface area contributed by atoms with E-state index in [1.54, 1.807) is 33.3 Å². The number of unbranched alkanes of at least 4 members (excludes halogenated alkanes) is 10. The fourth-order valence-corrected chi connectivity index (χ4v) is 4.07. The summed E-state index contributed by atoms with van der Waals surface area (Å²) < 4.78 is 11.4. The van der Waals surface area contributed by atoms with Crippen LogP contribution in [-0.4, -0.2) is 39.8 Å². The third-order valence-corrected chi connectivity index (χ3v) is 6.00. The van der Waals surface area contributed by atoms with Crippen molar-refractivity contribution in [2.75, 3.05) is 0 Å². The first-order valence-electron chi connectivity index (χ1n) is 13.9. The highest BCUT2D eigenvalue weighted by molar-refractivity contribution is 5.81. The molecule has 1 aromatic rings. The second kappa shape index (κ2) is 18.3. The van der Waals surface area contributed by atoms with E-state index in [9.17, 15) is 9.59 Å². The van der Waals surface area contributed by atoms with Crippen LogP contribution in [0, 0.1) is 0 Å². The summed E-state index contributed by atoms with van der Waals surface area (Å²) in [5.41, 5.74) is 0.108. The highest BCUT2D eigenvalue weighted by Gasteiger charge is 2.28. The van der Waals surface area contributed by atoms with E-state index in [1.165, 1.54) is 51.4 Å². The summed E-state index contributed by atoms with van der Waals surface area (Å²) in [5, 5.41) is 2.71. The summed E-state index contributed by atoms with van der Waals surface area (Å²) in [5.74, 6) is -0.410. The number of H-pyrrole nitrogens is 1. The van der Waals surface area contributed by atoms with Crippen molar-refractivity contribution < 1.29 is 19.1 Å². The van der Waals surface area contributed by atoms with Crippen molar-refractivity contribution in [3.63, 3.8) is 0 Å². The molecule has 0 spiro atoms. The van der Waals surface area contributed by atoms with Gasteiger partial charge >= 0.3 is 12.1 Å². The van der Waals surface area contributed by atoms with Crippen LogP contribution in [0.3, 0.4) is 0 Å². The zero-order chi connectivity index (χ0) is 25.9. The van der Waals surface area contributed by atoms with Gasteiger partial charge in [0.05, 0.1) is 6.33 Å². The summed E-state index contributed by atoms with van der Waals surface area (Å²) in [6, 6.07) is -0.832. The molecule has 1 aromatic heterocycles. The molecule has 7 heteroatoms. The SMILES string of the molecule is CCCCCCCCC(CCCCCCCC)OC(=O)C(Cc1cnc[nH]1)NC(=O)OC(C)(C)C. The lowest BCUT2D eigenvalue weighted by atomic mass is 10.0. The minimum Gasteiger partial charge on any atom is -0.461 e. The molecular weight excluding hydrogens is 442 g/mol. The molecule has 2 N–H and O–H groups in total. The second-order valence-corrected chi connectivity index (χ2v) is 10.7. The van der Waals surface area contributed by atoms with Crippen molar-refractivity contribution >= 4 is 12.1 Å². The van der Waals surface area contributed by atoms with E-state index in [0.717, 1.165) is 44.2 Å². The van der Waals surface area contributed by atoms with Crippen LogP contribution in [0.5, 0.6) is 0 Å². The number of nitrogens with zero attached hydrogens (tertiary/aromatic N) is 1. The minimum atomic E-state index is -0.832. The fourth-order valence-electron chi connectivity index (χ4n) is 4.07. The van der Waals surface area contributed by atoms with E-state index in [2.05, 4.69) is 29.1 Å². The molecule has 0 radical (unpaired) electrons. The Bertz CT molecular complexity index is 654. The Hall–Kier alpha value is -2.05. The molecule has 7 nitrogen and oxygen atoms in total. The molecule has 1 unspecified atom stereocenters. The van der Waals surface area contributed by atoms with Gasteiger partial charge in [-0.2, -0.15) is 0 Å². The number of imidazole rings is 1. The smallest absolute Gasteiger partial charge is 0.408 e. The maximum Gasteiger partial charge on any atom is 0.408 e. The highest BCUT2D eigenvalue weighted by Crippen LogP contribution is 2.18. The lowest BCUT2D eigenvalue weighted by Gasteiger charge is -2.25. The summed E-state index contributed by atoms with van der Waals surface area (Å²) in [6.07, 6.45) is 19.0. The van der Waals surface area contributed by atoms with E-state index in [-0.39, 0.29) is 12.5 Å². The number of ether oxygens (including phenoxy) is 2. The molecule has 35 heavy (non-hydrogen) atoms. The number of nitrogens with one attached hydrogen (secondary N) is 2. The normalized spacial score (nSPS) is 12.5. The van der Waals surface area contributed by atoms with Crippen molar-refractivity contribution in [3.05, 3.63) is 18.2 Å². The third-order valence-electron chi connectivity index (χ3n) is 6.00. The number of esters is 1. The summed E-state index contributed by atoms with van der Waals surface area (Å²) in [4.78, 5) is 32.6. The molecule has 0 saturated heterocycles. The van der Waals surface area contributed by atoms with Gasteiger partial charge in [0.25, 0.3) is 0 Å². The Labute approximate surface area is 213 Å². The predicted molar refractivity (Wildman–Crippen MR) is 141 cm³/mol. The molecule has 202 valence electrons. The number of aromatic nitrogens is 2. The van der Waals surface area contributed by atoms with Crippen molar-refractivity contribution in [2.45, 2.75) is 149 Å². The minimum absolute atomic E-state index is 0.121. The Morgan fingerprint density at radius 2 is 1.46 bits per heavy atom. The number of hydrogen-bond donors (Lipinski definition) is 2. The second-order valence-electron chi connectivity index (χ2n) is 10.7. The summed E-state index contributed by atoms with van der Waals surface area (Å²) in [6.45, 7) is 9.84. The largest absolute Gasteiger partial charge is 0.461 e. The van der Waals surface area contributed by atoms with E-state index >= 15 is 0 Å². The van der Waals surface area contributed by atoms with Gasteiger partial charge in [-0.1, -0.05) is 78.1 Å². The molecule has 1 rings (SSSR count). The van der Waals surface area contributed by atoms with Gasteiger partial charge in [0.15, 0.2) is 0 Å². The van der Waals surface area contributed by atoms with E-state index in [0.29, 0.717) is 0 Å². The van der Waals surface area contributed by atoms with Crippen LogP contribution in [0.4, 0.5) is 4.79 Å². The van der Waals surface area contributed by atoms with E-state index < -0.39 is 23.7 Å². The Morgan fingerprint density at radius 3 is 1.94 bits per heavy atom. The van der Waals surface area contributed by atoms with Crippen molar-refractivity contribution in [1.82, 2.24) is 15.3 Å². The number of alkyl carbamates (subject to hydrolysis) is 1. The molecule has 0 aliphatic carbocycles. The first-order chi connectivity index (χ1) is 16.7.